The molecule has 1 fully saturated rings. The summed E-state index contributed by atoms with van der Waals surface area (Å²) in [5.41, 5.74) is 2.98. The molecule has 2 heterocycles. The summed E-state index contributed by atoms with van der Waals surface area (Å²) < 4.78 is 5.43. The fourth-order valence-corrected chi connectivity index (χ4v) is 2.78. The molecule has 6 heteroatoms. The van der Waals surface area contributed by atoms with E-state index in [1.54, 1.807) is 4.90 Å². The molecule has 1 aliphatic carbocycles. The van der Waals surface area contributed by atoms with E-state index in [9.17, 15) is 4.79 Å². The van der Waals surface area contributed by atoms with Crippen LogP contribution in [-0.4, -0.2) is 48.1 Å². The molecule has 1 N–H and O–H groups in total. The maximum atomic E-state index is 12.9. The van der Waals surface area contributed by atoms with E-state index in [4.69, 9.17) is 4.52 Å². The first-order chi connectivity index (χ1) is 11.2. The van der Waals surface area contributed by atoms with Crippen LogP contribution in [0.5, 0.6) is 0 Å². The van der Waals surface area contributed by atoms with Gasteiger partial charge >= 0.3 is 0 Å². The number of nitrogens with one attached hydrogen (secondary N) is 1. The minimum absolute atomic E-state index is 0.00935. The van der Waals surface area contributed by atoms with Gasteiger partial charge in [0.05, 0.1) is 16.6 Å². The molecule has 124 valence electrons. The lowest BCUT2D eigenvalue weighted by Crippen LogP contribution is -2.33. The molecule has 0 unspecified atom stereocenters. The van der Waals surface area contributed by atoms with Gasteiger partial charge in [-0.1, -0.05) is 18.5 Å². The van der Waals surface area contributed by atoms with Crippen LogP contribution in [0.25, 0.3) is 11.1 Å². The summed E-state index contributed by atoms with van der Waals surface area (Å²) in [6, 6.07) is 1.95. The number of nitrogens with zero attached hydrogens (tertiary/aromatic N) is 3. The van der Waals surface area contributed by atoms with E-state index in [-0.39, 0.29) is 5.91 Å². The Hall–Kier alpha value is -1.95. The number of carbonyl (C=O) groups is 1. The van der Waals surface area contributed by atoms with Crippen LogP contribution in [-0.2, 0) is 6.42 Å². The molecule has 0 radical (unpaired) electrons. The topological polar surface area (TPSA) is 71.3 Å². The Kier molecular flexibility index (Phi) is 4.61. The lowest BCUT2D eigenvalue weighted by Gasteiger charge is -2.18. The van der Waals surface area contributed by atoms with E-state index in [2.05, 4.69) is 22.4 Å². The second kappa shape index (κ2) is 6.66. The molecule has 0 saturated heterocycles. The van der Waals surface area contributed by atoms with Gasteiger partial charge in [-0.2, -0.15) is 0 Å². The normalized spacial score (nSPS) is 14.4. The Morgan fingerprint density at radius 3 is 2.91 bits per heavy atom. The zero-order chi connectivity index (χ0) is 16.4. The largest absolute Gasteiger partial charge is 0.340 e. The molecule has 0 spiro atoms. The molecule has 0 aliphatic heterocycles. The summed E-state index contributed by atoms with van der Waals surface area (Å²) in [6.45, 7) is 3.51. The molecule has 1 aliphatic rings. The van der Waals surface area contributed by atoms with Crippen molar-refractivity contribution in [2.45, 2.75) is 38.5 Å². The predicted molar refractivity (Wildman–Crippen MR) is 88.7 cm³/mol. The summed E-state index contributed by atoms with van der Waals surface area (Å²) in [5.74, 6) is 0.475. The van der Waals surface area contributed by atoms with E-state index in [1.807, 2.05) is 20.2 Å². The van der Waals surface area contributed by atoms with Crippen LogP contribution in [0.15, 0.2) is 10.6 Å². The molecule has 1 amide bonds. The number of hydrogen-bond acceptors (Lipinski definition) is 5. The van der Waals surface area contributed by atoms with Crippen molar-refractivity contribution in [1.29, 1.82) is 0 Å². The lowest BCUT2D eigenvalue weighted by molar-refractivity contribution is 0.0798. The van der Waals surface area contributed by atoms with Gasteiger partial charge in [0.15, 0.2) is 0 Å². The Morgan fingerprint density at radius 2 is 2.26 bits per heavy atom. The highest BCUT2D eigenvalue weighted by atomic mass is 16.5. The molecule has 0 aromatic carbocycles. The van der Waals surface area contributed by atoms with E-state index < -0.39 is 0 Å². The van der Waals surface area contributed by atoms with Gasteiger partial charge < -0.3 is 14.7 Å². The van der Waals surface area contributed by atoms with Crippen molar-refractivity contribution in [3.05, 3.63) is 23.0 Å². The van der Waals surface area contributed by atoms with Crippen molar-refractivity contribution in [2.75, 3.05) is 27.2 Å². The van der Waals surface area contributed by atoms with Crippen LogP contribution in [0, 0.1) is 0 Å². The van der Waals surface area contributed by atoms with Gasteiger partial charge in [0.1, 0.15) is 0 Å². The van der Waals surface area contributed by atoms with Crippen molar-refractivity contribution >= 4 is 17.0 Å². The van der Waals surface area contributed by atoms with E-state index in [0.717, 1.165) is 49.0 Å². The van der Waals surface area contributed by atoms with Crippen molar-refractivity contribution in [2.24, 2.45) is 0 Å². The molecule has 0 atom stereocenters. The first-order valence-corrected chi connectivity index (χ1v) is 8.35. The average molecular weight is 316 g/mol. The molecular formula is C17H24N4O2. The molecule has 0 bridgehead atoms. The molecule has 3 rings (SSSR count). The van der Waals surface area contributed by atoms with Gasteiger partial charge in [0, 0.05) is 31.7 Å². The number of rotatable bonds is 7. The predicted octanol–water partition coefficient (Wildman–Crippen LogP) is 2.34. The van der Waals surface area contributed by atoms with Crippen LogP contribution >= 0.6 is 0 Å². The van der Waals surface area contributed by atoms with Gasteiger partial charge in [-0.3, -0.25) is 4.79 Å². The maximum Gasteiger partial charge on any atom is 0.259 e. The van der Waals surface area contributed by atoms with E-state index >= 15 is 0 Å². The van der Waals surface area contributed by atoms with E-state index in [1.165, 1.54) is 0 Å². The number of aromatic nitrogens is 2. The van der Waals surface area contributed by atoms with Crippen LogP contribution in [0.2, 0.25) is 0 Å². The van der Waals surface area contributed by atoms with Crippen molar-refractivity contribution in [3.63, 3.8) is 0 Å². The molecule has 6 nitrogen and oxygen atoms in total. The van der Waals surface area contributed by atoms with Gasteiger partial charge in [-0.05, 0) is 32.4 Å². The second-order valence-electron chi connectivity index (χ2n) is 6.26. The van der Waals surface area contributed by atoms with Crippen LogP contribution < -0.4 is 5.32 Å². The van der Waals surface area contributed by atoms with Gasteiger partial charge in [-0.15, -0.1) is 0 Å². The van der Waals surface area contributed by atoms with Crippen LogP contribution in [0.1, 0.15) is 53.8 Å². The zero-order valence-corrected chi connectivity index (χ0v) is 14.1. The molecule has 1 saturated carbocycles. The Bertz CT molecular complexity index is 706. The molecule has 2 aromatic heterocycles. The third kappa shape index (κ3) is 3.22. The quantitative estimate of drug-likeness (QED) is 0.849. The number of pyridine rings is 1. The second-order valence-corrected chi connectivity index (χ2v) is 6.26. The van der Waals surface area contributed by atoms with Gasteiger partial charge in [0.25, 0.3) is 11.6 Å². The van der Waals surface area contributed by atoms with Crippen LogP contribution in [0.3, 0.4) is 0 Å². The number of hydrogen-bond donors (Lipinski definition) is 1. The maximum absolute atomic E-state index is 12.9. The minimum atomic E-state index is 0.00935. The molecular weight excluding hydrogens is 292 g/mol. The Labute approximate surface area is 136 Å². The lowest BCUT2D eigenvalue weighted by atomic mass is 10.0. The molecule has 2 aromatic rings. The van der Waals surface area contributed by atoms with Crippen molar-refractivity contribution < 1.29 is 9.32 Å². The molecule has 23 heavy (non-hydrogen) atoms. The highest BCUT2D eigenvalue weighted by molar-refractivity contribution is 6.06. The summed E-state index contributed by atoms with van der Waals surface area (Å²) in [5, 5.41) is 8.01. The first-order valence-electron chi connectivity index (χ1n) is 8.35. The fourth-order valence-electron chi connectivity index (χ4n) is 2.78. The summed E-state index contributed by atoms with van der Waals surface area (Å²) in [7, 11) is 3.71. The van der Waals surface area contributed by atoms with Crippen LogP contribution in [0.4, 0.5) is 0 Å². The van der Waals surface area contributed by atoms with Gasteiger partial charge in [-0.25, -0.2) is 4.98 Å². The third-order valence-corrected chi connectivity index (χ3v) is 4.29. The zero-order valence-electron chi connectivity index (χ0n) is 14.1. The summed E-state index contributed by atoms with van der Waals surface area (Å²) >= 11 is 0. The standard InChI is InChI=1S/C17H24N4O2/c1-4-5-13-15-12(17(22)21(3)9-8-18-2)10-14(11-6-7-11)19-16(15)23-20-13/h10-11,18H,4-9H2,1-3H3. The van der Waals surface area contributed by atoms with Crippen molar-refractivity contribution in [1.82, 2.24) is 20.4 Å². The minimum Gasteiger partial charge on any atom is -0.340 e. The summed E-state index contributed by atoms with van der Waals surface area (Å²) in [6.07, 6.45) is 4.02. The third-order valence-electron chi connectivity index (χ3n) is 4.29. The fraction of sp³-hybridized carbons (Fsp3) is 0.588. The summed E-state index contributed by atoms with van der Waals surface area (Å²) in [4.78, 5) is 19.2. The SMILES string of the molecule is CCCc1noc2nc(C3CC3)cc(C(=O)N(C)CCNC)c12. The van der Waals surface area contributed by atoms with E-state index in [0.29, 0.717) is 23.7 Å². The Morgan fingerprint density at radius 1 is 1.48 bits per heavy atom. The monoisotopic (exact) mass is 316 g/mol. The highest BCUT2D eigenvalue weighted by Crippen LogP contribution is 2.40. The van der Waals surface area contributed by atoms with Crippen molar-refractivity contribution in [3.8, 4) is 0 Å². The number of carbonyl (C=O) groups excluding carboxylic acids is 1. The number of amides is 1. The first kappa shape index (κ1) is 15.9. The van der Waals surface area contributed by atoms with Gasteiger partial charge in [0.2, 0.25) is 0 Å². The number of fused-ring (bicyclic) bond motifs is 1. The smallest absolute Gasteiger partial charge is 0.259 e. The number of aryl methyl sites for hydroxylation is 1. The Balaban J connectivity index is 2.04. The average Bonchev–Trinajstić information content (AvgIpc) is 3.34. The highest BCUT2D eigenvalue weighted by Gasteiger charge is 2.29. The number of likely N-dealkylation sites (N-methyl/N-ethyl adjacent to an activating group) is 2.